The Morgan fingerprint density at radius 3 is 2.42 bits per heavy atom. The average molecular weight is 505 g/mol. The van der Waals surface area contributed by atoms with Crippen LogP contribution in [0.3, 0.4) is 0 Å². The summed E-state index contributed by atoms with van der Waals surface area (Å²) >= 11 is 0. The molecule has 7 nitrogen and oxygen atoms in total. The molecule has 0 unspecified atom stereocenters. The quantitative estimate of drug-likeness (QED) is 0.580. The number of rotatable bonds is 6. The number of nitrogens with zero attached hydrogens (tertiary/aromatic N) is 1. The maximum atomic E-state index is 13.0. The molecule has 1 aromatic carbocycles. The van der Waals surface area contributed by atoms with E-state index in [1.807, 2.05) is 52.0 Å². The molecule has 1 saturated heterocycles. The first kappa shape index (κ1) is 26.4. The van der Waals surface area contributed by atoms with Gasteiger partial charge in [0.1, 0.15) is 5.82 Å². The molecule has 0 bridgehead atoms. The van der Waals surface area contributed by atoms with Crippen LogP contribution < -0.4 is 16.5 Å². The number of amides is 1. The fraction of sp³-hybridized carbons (Fsp3) is 0.520. The normalized spacial score (nSPS) is 23.1. The molecular formula is C25H31BF3N3O4. The Morgan fingerprint density at radius 2 is 1.81 bits per heavy atom. The Bertz CT molecular complexity index is 1090. The number of pyridine rings is 1. The number of halogens is 3. The number of benzene rings is 1. The Labute approximate surface area is 209 Å². The van der Waals surface area contributed by atoms with Crippen LogP contribution in [0.2, 0.25) is 0 Å². The average Bonchev–Trinajstić information content (AvgIpc) is 3.32. The zero-order valence-corrected chi connectivity index (χ0v) is 20.8. The number of nitrogens with one attached hydrogen (secondary N) is 1. The topological polar surface area (TPSA) is 95.7 Å². The van der Waals surface area contributed by atoms with Crippen molar-refractivity contribution in [3.63, 3.8) is 0 Å². The molecule has 4 rings (SSSR count). The smallest absolute Gasteiger partial charge is 0.399 e. The van der Waals surface area contributed by atoms with Crippen LogP contribution in [0.4, 0.5) is 19.0 Å². The molecule has 3 N–H and O–H groups in total. The van der Waals surface area contributed by atoms with Gasteiger partial charge in [0.25, 0.3) is 5.91 Å². The van der Waals surface area contributed by atoms with E-state index in [9.17, 15) is 18.0 Å². The first-order valence-corrected chi connectivity index (χ1v) is 12.0. The minimum atomic E-state index is -4.62. The highest BCUT2D eigenvalue weighted by Crippen LogP contribution is 2.36. The lowest BCUT2D eigenvalue weighted by molar-refractivity contribution is -0.137. The van der Waals surface area contributed by atoms with Gasteiger partial charge in [0, 0.05) is 6.20 Å². The molecule has 1 aliphatic heterocycles. The summed E-state index contributed by atoms with van der Waals surface area (Å²) in [6.45, 7) is 8.34. The summed E-state index contributed by atoms with van der Waals surface area (Å²) in [7, 11) is -0.447. The second-order valence-electron chi connectivity index (χ2n) is 10.3. The molecule has 36 heavy (non-hydrogen) atoms. The van der Waals surface area contributed by atoms with Crippen molar-refractivity contribution in [2.75, 3.05) is 5.73 Å². The van der Waals surface area contributed by atoms with Gasteiger partial charge < -0.3 is 25.1 Å². The van der Waals surface area contributed by atoms with Crippen molar-refractivity contribution in [2.45, 2.75) is 83.1 Å². The van der Waals surface area contributed by atoms with Crippen molar-refractivity contribution >= 4 is 24.3 Å². The van der Waals surface area contributed by atoms with Crippen LogP contribution in [-0.2, 0) is 26.8 Å². The van der Waals surface area contributed by atoms with E-state index in [1.54, 1.807) is 0 Å². The highest BCUT2D eigenvalue weighted by molar-refractivity contribution is 6.62. The summed E-state index contributed by atoms with van der Waals surface area (Å²) in [6, 6.07) is 8.16. The fourth-order valence-electron chi connectivity index (χ4n) is 4.30. The van der Waals surface area contributed by atoms with Crippen LogP contribution in [0.5, 0.6) is 0 Å². The van der Waals surface area contributed by atoms with E-state index in [0.717, 1.165) is 29.9 Å². The number of alkyl halides is 3. The number of carbonyl (C=O) groups excluding carboxylic acids is 1. The van der Waals surface area contributed by atoms with Crippen molar-refractivity contribution in [2.24, 2.45) is 0 Å². The summed E-state index contributed by atoms with van der Waals surface area (Å²) in [6.07, 6.45) is -2.06. The summed E-state index contributed by atoms with van der Waals surface area (Å²) in [5.41, 5.74) is 5.37. The van der Waals surface area contributed by atoms with Gasteiger partial charge in [-0.1, -0.05) is 24.3 Å². The van der Waals surface area contributed by atoms with Crippen molar-refractivity contribution in [1.82, 2.24) is 10.3 Å². The van der Waals surface area contributed by atoms with Gasteiger partial charge in [0.05, 0.1) is 41.1 Å². The molecule has 0 spiro atoms. The highest BCUT2D eigenvalue weighted by Gasteiger charge is 2.51. The van der Waals surface area contributed by atoms with Crippen LogP contribution in [0.15, 0.2) is 36.5 Å². The molecule has 11 heteroatoms. The predicted molar refractivity (Wildman–Crippen MR) is 129 cm³/mol. The largest absolute Gasteiger partial charge is 0.494 e. The molecule has 2 aromatic rings. The van der Waals surface area contributed by atoms with Gasteiger partial charge in [-0.15, -0.1) is 0 Å². The standard InChI is InChI=1S/C25H31BF3N3O4/c1-23(2)24(3,4)36-26(35-23)17-10-8-15(9-11-17)14-34-20-7-5-6-19(20)32-22(33)18-12-16(25(27,28)29)13-31-21(18)30/h8-13,19-20H,5-7,14H2,1-4H3,(H2,30,31)(H,32,33)/t19-,20-/m0/s1. The summed E-state index contributed by atoms with van der Waals surface area (Å²) in [5, 5.41) is 2.78. The van der Waals surface area contributed by atoms with Crippen molar-refractivity contribution < 1.29 is 32.0 Å². The van der Waals surface area contributed by atoms with Gasteiger partial charge >= 0.3 is 13.3 Å². The molecule has 1 saturated carbocycles. The zero-order chi connectivity index (χ0) is 26.3. The van der Waals surface area contributed by atoms with Crippen LogP contribution in [0.1, 0.15) is 68.4 Å². The number of carbonyl (C=O) groups is 1. The molecule has 2 atom stereocenters. The minimum Gasteiger partial charge on any atom is -0.399 e. The van der Waals surface area contributed by atoms with Gasteiger partial charge in [0.15, 0.2) is 0 Å². The first-order valence-electron chi connectivity index (χ1n) is 12.0. The number of hydrogen-bond acceptors (Lipinski definition) is 6. The zero-order valence-electron chi connectivity index (χ0n) is 20.8. The molecule has 1 aromatic heterocycles. The van der Waals surface area contributed by atoms with E-state index in [0.29, 0.717) is 19.2 Å². The van der Waals surface area contributed by atoms with Gasteiger partial charge in [-0.3, -0.25) is 4.79 Å². The monoisotopic (exact) mass is 505 g/mol. The molecule has 2 heterocycles. The van der Waals surface area contributed by atoms with E-state index in [4.69, 9.17) is 19.8 Å². The van der Waals surface area contributed by atoms with Gasteiger partial charge in [-0.25, -0.2) is 4.98 Å². The lowest BCUT2D eigenvalue weighted by Crippen LogP contribution is -2.41. The SMILES string of the molecule is CC1(C)OB(c2ccc(CO[C@H]3CCC[C@@H]3NC(=O)c3cc(C(F)(F)F)cnc3N)cc2)OC1(C)C. The number of anilines is 1. The number of hydrogen-bond donors (Lipinski definition) is 2. The Balaban J connectivity index is 1.35. The van der Waals surface area contributed by atoms with Crippen LogP contribution in [0.25, 0.3) is 0 Å². The van der Waals surface area contributed by atoms with Gasteiger partial charge in [0.2, 0.25) is 0 Å². The molecule has 0 radical (unpaired) electrons. The molecular weight excluding hydrogens is 474 g/mol. The molecule has 1 amide bonds. The lowest BCUT2D eigenvalue weighted by atomic mass is 9.79. The lowest BCUT2D eigenvalue weighted by Gasteiger charge is -2.32. The number of aromatic nitrogens is 1. The van der Waals surface area contributed by atoms with Gasteiger partial charge in [-0.05, 0) is 64.1 Å². The summed E-state index contributed by atoms with van der Waals surface area (Å²) in [5.74, 6) is -0.948. The number of nitrogen functional groups attached to an aromatic ring is 1. The Morgan fingerprint density at radius 1 is 1.17 bits per heavy atom. The third-order valence-corrected chi connectivity index (χ3v) is 7.23. The van der Waals surface area contributed by atoms with E-state index < -0.39 is 36.0 Å². The predicted octanol–water partition coefficient (Wildman–Crippen LogP) is 3.85. The van der Waals surface area contributed by atoms with E-state index in [2.05, 4.69) is 10.3 Å². The van der Waals surface area contributed by atoms with Crippen molar-refractivity contribution in [3.05, 3.63) is 53.2 Å². The van der Waals surface area contributed by atoms with E-state index >= 15 is 0 Å². The van der Waals surface area contributed by atoms with E-state index in [1.165, 1.54) is 0 Å². The van der Waals surface area contributed by atoms with Crippen LogP contribution in [-0.4, -0.2) is 41.4 Å². The minimum absolute atomic E-state index is 0.252. The fourth-order valence-corrected chi connectivity index (χ4v) is 4.30. The molecule has 1 aliphatic carbocycles. The van der Waals surface area contributed by atoms with Crippen molar-refractivity contribution in [1.29, 1.82) is 0 Å². The third kappa shape index (κ3) is 5.53. The van der Waals surface area contributed by atoms with Crippen molar-refractivity contribution in [3.8, 4) is 0 Å². The Kier molecular flexibility index (Phi) is 7.11. The van der Waals surface area contributed by atoms with Crippen LogP contribution in [0, 0.1) is 0 Å². The van der Waals surface area contributed by atoms with Crippen LogP contribution >= 0.6 is 0 Å². The second-order valence-corrected chi connectivity index (χ2v) is 10.3. The highest BCUT2D eigenvalue weighted by atomic mass is 19.4. The Hall–Kier alpha value is -2.63. The summed E-state index contributed by atoms with van der Waals surface area (Å²) in [4.78, 5) is 16.2. The molecule has 2 aliphatic rings. The molecule has 194 valence electrons. The molecule has 2 fully saturated rings. The van der Waals surface area contributed by atoms with Gasteiger partial charge in [-0.2, -0.15) is 13.2 Å². The maximum Gasteiger partial charge on any atom is 0.494 e. The first-order chi connectivity index (χ1) is 16.8. The maximum absolute atomic E-state index is 13.0. The number of nitrogens with two attached hydrogens (primary N) is 1. The second kappa shape index (κ2) is 9.68. The third-order valence-electron chi connectivity index (χ3n) is 7.23. The number of ether oxygens (including phenoxy) is 1. The summed E-state index contributed by atoms with van der Waals surface area (Å²) < 4.78 is 57.3. The van der Waals surface area contributed by atoms with E-state index in [-0.39, 0.29) is 23.5 Å².